The van der Waals surface area contributed by atoms with E-state index in [9.17, 15) is 23.1 Å². The number of hydrazine groups is 1. The van der Waals surface area contributed by atoms with Gasteiger partial charge in [0.15, 0.2) is 5.11 Å². The normalized spacial score (nSPS) is 10.9. The third kappa shape index (κ3) is 6.25. The predicted octanol–water partition coefficient (Wildman–Crippen LogP) is 3.36. The first-order chi connectivity index (χ1) is 12.2. The molecule has 0 bridgehead atoms. The number of hydrogen-bond acceptors (Lipinski definition) is 3. The molecule has 0 saturated heterocycles. The summed E-state index contributed by atoms with van der Waals surface area (Å²) in [4.78, 5) is 11.8. The molecule has 0 aliphatic heterocycles. The van der Waals surface area contributed by atoms with Gasteiger partial charge in [0.1, 0.15) is 5.75 Å². The van der Waals surface area contributed by atoms with E-state index in [-0.39, 0.29) is 28.9 Å². The van der Waals surface area contributed by atoms with Crippen LogP contribution in [0.2, 0.25) is 0 Å². The van der Waals surface area contributed by atoms with Gasteiger partial charge in [-0.2, -0.15) is 13.2 Å². The summed E-state index contributed by atoms with van der Waals surface area (Å²) in [5, 5.41) is 11.7. The first-order valence-electron chi connectivity index (χ1n) is 7.55. The highest BCUT2D eigenvalue weighted by Gasteiger charge is 2.30. The topological polar surface area (TPSA) is 73.4 Å². The number of carbonyl (C=O) groups excluding carboxylic acids is 1. The minimum Gasteiger partial charge on any atom is -0.508 e. The lowest BCUT2D eigenvalue weighted by Crippen LogP contribution is -2.43. The second kappa shape index (κ2) is 8.52. The van der Waals surface area contributed by atoms with Crippen LogP contribution in [-0.4, -0.2) is 16.1 Å². The van der Waals surface area contributed by atoms with Gasteiger partial charge in [0.05, 0.1) is 5.56 Å². The molecule has 0 atom stereocenters. The molecule has 0 spiro atoms. The first kappa shape index (κ1) is 19.5. The number of phenols is 1. The molecular formula is C17H16F3N3O2S. The van der Waals surface area contributed by atoms with E-state index in [4.69, 9.17) is 12.2 Å². The van der Waals surface area contributed by atoms with E-state index in [1.54, 1.807) is 12.1 Å². The van der Waals surface area contributed by atoms with Crippen LogP contribution >= 0.6 is 12.2 Å². The summed E-state index contributed by atoms with van der Waals surface area (Å²) in [5.74, 6) is -0.197. The molecule has 0 unspecified atom stereocenters. The van der Waals surface area contributed by atoms with Gasteiger partial charge >= 0.3 is 6.18 Å². The largest absolute Gasteiger partial charge is 0.508 e. The van der Waals surface area contributed by atoms with Crippen LogP contribution in [-0.2, 0) is 17.4 Å². The van der Waals surface area contributed by atoms with Crippen molar-refractivity contribution in [2.45, 2.75) is 19.0 Å². The van der Waals surface area contributed by atoms with Crippen LogP contribution < -0.4 is 16.2 Å². The minimum absolute atomic E-state index is 0.0395. The highest BCUT2D eigenvalue weighted by Crippen LogP contribution is 2.30. The highest BCUT2D eigenvalue weighted by molar-refractivity contribution is 7.80. The molecule has 26 heavy (non-hydrogen) atoms. The summed E-state index contributed by atoms with van der Waals surface area (Å²) < 4.78 is 38.0. The molecule has 4 N–H and O–H groups in total. The number of aromatic hydroxyl groups is 1. The number of anilines is 1. The number of alkyl halides is 3. The lowest BCUT2D eigenvalue weighted by molar-refractivity contribution is -0.137. The summed E-state index contributed by atoms with van der Waals surface area (Å²) in [7, 11) is 0. The van der Waals surface area contributed by atoms with Crippen LogP contribution in [0.25, 0.3) is 0 Å². The maximum absolute atomic E-state index is 12.7. The second-order valence-electron chi connectivity index (χ2n) is 5.37. The summed E-state index contributed by atoms with van der Waals surface area (Å²) >= 11 is 4.94. The summed E-state index contributed by atoms with van der Waals surface area (Å²) in [6.07, 6.45) is -3.82. The zero-order chi connectivity index (χ0) is 19.2. The lowest BCUT2D eigenvalue weighted by Gasteiger charge is -2.13. The first-order valence-corrected chi connectivity index (χ1v) is 7.96. The molecule has 0 saturated carbocycles. The van der Waals surface area contributed by atoms with Crippen molar-refractivity contribution in [2.24, 2.45) is 0 Å². The van der Waals surface area contributed by atoms with E-state index in [2.05, 4.69) is 16.2 Å². The molecular weight excluding hydrogens is 367 g/mol. The molecule has 0 radical (unpaired) electrons. The molecule has 1 amide bonds. The van der Waals surface area contributed by atoms with Gasteiger partial charge in [-0.25, -0.2) is 0 Å². The number of carbonyl (C=O) groups is 1. The molecule has 2 aromatic rings. The van der Waals surface area contributed by atoms with Gasteiger partial charge < -0.3 is 10.4 Å². The quantitative estimate of drug-likeness (QED) is 0.481. The molecule has 5 nitrogen and oxygen atoms in total. The number of halogens is 3. The van der Waals surface area contributed by atoms with Crippen molar-refractivity contribution in [1.29, 1.82) is 0 Å². The van der Waals surface area contributed by atoms with Gasteiger partial charge in [-0.1, -0.05) is 18.2 Å². The molecule has 9 heteroatoms. The predicted molar refractivity (Wildman–Crippen MR) is 95.4 cm³/mol. The van der Waals surface area contributed by atoms with E-state index in [0.29, 0.717) is 6.42 Å². The maximum Gasteiger partial charge on any atom is 0.416 e. The Morgan fingerprint density at radius 3 is 2.42 bits per heavy atom. The van der Waals surface area contributed by atoms with E-state index >= 15 is 0 Å². The van der Waals surface area contributed by atoms with Crippen molar-refractivity contribution in [3.63, 3.8) is 0 Å². The fourth-order valence-corrected chi connectivity index (χ4v) is 2.21. The van der Waals surface area contributed by atoms with Gasteiger partial charge in [-0.15, -0.1) is 0 Å². The molecule has 0 fully saturated rings. The zero-order valence-corrected chi connectivity index (χ0v) is 14.2. The van der Waals surface area contributed by atoms with Gasteiger partial charge in [-0.3, -0.25) is 15.6 Å². The Morgan fingerprint density at radius 2 is 1.77 bits per heavy atom. The van der Waals surface area contributed by atoms with E-state index in [0.717, 1.165) is 17.7 Å². The Hall–Kier alpha value is -2.81. The van der Waals surface area contributed by atoms with Crippen molar-refractivity contribution in [3.05, 3.63) is 59.7 Å². The number of benzene rings is 2. The minimum atomic E-state index is -4.45. The van der Waals surface area contributed by atoms with Crippen LogP contribution in [0.5, 0.6) is 5.75 Å². The number of amides is 1. The standard InChI is InChI=1S/C17H16F3N3O2S/c18-17(19,20)12-2-1-3-13(10-12)21-16(26)23-22-15(25)9-6-11-4-7-14(24)8-5-11/h1-5,7-8,10,24H,6,9H2,(H,22,25)(H2,21,23,26). The Balaban J connectivity index is 1.77. The van der Waals surface area contributed by atoms with Crippen LogP contribution in [0.4, 0.5) is 18.9 Å². The summed E-state index contributed by atoms with van der Waals surface area (Å²) in [6.45, 7) is 0. The van der Waals surface area contributed by atoms with Gasteiger partial charge in [-0.05, 0) is 54.5 Å². The van der Waals surface area contributed by atoms with Crippen LogP contribution in [0.15, 0.2) is 48.5 Å². The molecule has 0 aliphatic rings. The molecule has 0 aliphatic carbocycles. The average molecular weight is 383 g/mol. The molecule has 138 valence electrons. The van der Waals surface area contributed by atoms with E-state index in [1.807, 2.05) is 0 Å². The fraction of sp³-hybridized carbons (Fsp3) is 0.176. The van der Waals surface area contributed by atoms with Crippen molar-refractivity contribution < 1.29 is 23.1 Å². The Labute approximate surface area is 153 Å². The molecule has 0 heterocycles. The highest BCUT2D eigenvalue weighted by atomic mass is 32.1. The van der Waals surface area contributed by atoms with Crippen molar-refractivity contribution in [3.8, 4) is 5.75 Å². The smallest absolute Gasteiger partial charge is 0.416 e. The number of hydrogen-bond donors (Lipinski definition) is 4. The molecule has 0 aromatic heterocycles. The number of rotatable bonds is 4. The number of phenolic OH excluding ortho intramolecular Hbond substituents is 1. The Morgan fingerprint density at radius 1 is 1.08 bits per heavy atom. The number of nitrogens with one attached hydrogen (secondary N) is 3. The van der Waals surface area contributed by atoms with Gasteiger partial charge in [0.2, 0.25) is 5.91 Å². The maximum atomic E-state index is 12.7. The van der Waals surface area contributed by atoms with Crippen molar-refractivity contribution >= 4 is 28.9 Å². The average Bonchev–Trinajstić information content (AvgIpc) is 2.59. The van der Waals surface area contributed by atoms with Gasteiger partial charge in [0, 0.05) is 12.1 Å². The number of aryl methyl sites for hydroxylation is 1. The third-order valence-corrected chi connectivity index (χ3v) is 3.54. The fourth-order valence-electron chi connectivity index (χ4n) is 2.05. The zero-order valence-electron chi connectivity index (χ0n) is 13.4. The monoisotopic (exact) mass is 383 g/mol. The lowest BCUT2D eigenvalue weighted by atomic mass is 10.1. The molecule has 2 aromatic carbocycles. The summed E-state index contributed by atoms with van der Waals surface area (Å²) in [6, 6.07) is 11.0. The van der Waals surface area contributed by atoms with Crippen LogP contribution in [0, 0.1) is 0 Å². The van der Waals surface area contributed by atoms with Gasteiger partial charge in [0.25, 0.3) is 0 Å². The van der Waals surface area contributed by atoms with Crippen LogP contribution in [0.3, 0.4) is 0 Å². The third-order valence-electron chi connectivity index (χ3n) is 3.34. The Bertz CT molecular complexity index is 780. The second-order valence-corrected chi connectivity index (χ2v) is 5.78. The van der Waals surface area contributed by atoms with Crippen molar-refractivity contribution in [1.82, 2.24) is 10.9 Å². The van der Waals surface area contributed by atoms with Crippen molar-refractivity contribution in [2.75, 3.05) is 5.32 Å². The summed E-state index contributed by atoms with van der Waals surface area (Å²) in [5.41, 5.74) is 5.02. The molecule has 2 rings (SSSR count). The van der Waals surface area contributed by atoms with E-state index < -0.39 is 11.7 Å². The van der Waals surface area contributed by atoms with E-state index in [1.165, 1.54) is 24.3 Å². The van der Waals surface area contributed by atoms with Crippen LogP contribution in [0.1, 0.15) is 17.5 Å². The SMILES string of the molecule is O=C(CCc1ccc(O)cc1)NNC(=S)Nc1cccc(C(F)(F)F)c1. The Kier molecular flexibility index (Phi) is 6.40. The number of thiocarbonyl (C=S) groups is 1.